The summed E-state index contributed by atoms with van der Waals surface area (Å²) in [6.45, 7) is 2.13. The van der Waals surface area contributed by atoms with Crippen LogP contribution in [0.5, 0.6) is 0 Å². The molecule has 0 saturated heterocycles. The third-order valence-electron chi connectivity index (χ3n) is 4.90. The molecule has 3 aromatic heterocycles. The van der Waals surface area contributed by atoms with E-state index in [0.717, 1.165) is 21.7 Å². The first kappa shape index (κ1) is 14.2. The highest BCUT2D eigenvalue weighted by atomic mass is 16.3. The number of nitrogens with zero attached hydrogens (tertiary/aromatic N) is 2. The molecular formula is C22H17N2O+. The Balaban J connectivity index is 1.93. The standard InChI is InChI=1S/C22H17N2O/c1-14-11-20-18(12-17(14)19-9-5-6-10-24(19)2)21-16-8-4-3-7-15(16)13-23-22(21)25-20/h3-13H,1-2H3/q+1. The molecule has 0 aliphatic heterocycles. The molecular weight excluding hydrogens is 308 g/mol. The molecule has 0 spiro atoms. The smallest absolute Gasteiger partial charge is 0.227 e. The van der Waals surface area contributed by atoms with Gasteiger partial charge in [-0.1, -0.05) is 24.3 Å². The fourth-order valence-electron chi connectivity index (χ4n) is 3.63. The molecule has 5 aromatic rings. The number of furan rings is 1. The van der Waals surface area contributed by atoms with Gasteiger partial charge in [-0.25, -0.2) is 9.55 Å². The van der Waals surface area contributed by atoms with Crippen molar-refractivity contribution in [1.82, 2.24) is 4.98 Å². The minimum absolute atomic E-state index is 0.697. The van der Waals surface area contributed by atoms with Crippen LogP contribution in [0, 0.1) is 6.92 Å². The van der Waals surface area contributed by atoms with Crippen molar-refractivity contribution in [1.29, 1.82) is 0 Å². The molecule has 3 heterocycles. The summed E-state index contributed by atoms with van der Waals surface area (Å²) < 4.78 is 8.19. The van der Waals surface area contributed by atoms with Gasteiger partial charge in [0.1, 0.15) is 12.6 Å². The number of benzene rings is 2. The second-order valence-corrected chi connectivity index (χ2v) is 6.49. The summed E-state index contributed by atoms with van der Waals surface area (Å²) in [5.74, 6) is 0. The first-order valence-corrected chi connectivity index (χ1v) is 8.38. The SMILES string of the molecule is Cc1cc2oc3ncc4ccccc4c3c2cc1-c1cccc[n+]1C. The summed E-state index contributed by atoms with van der Waals surface area (Å²) in [5, 5.41) is 4.51. The van der Waals surface area contributed by atoms with Gasteiger partial charge < -0.3 is 4.42 Å². The van der Waals surface area contributed by atoms with E-state index in [1.807, 2.05) is 18.3 Å². The Hall–Kier alpha value is -3.20. The molecule has 3 nitrogen and oxygen atoms in total. The first-order chi connectivity index (χ1) is 12.2. The minimum Gasteiger partial charge on any atom is -0.438 e. The molecule has 0 saturated carbocycles. The molecule has 0 bridgehead atoms. The molecule has 0 amide bonds. The number of aromatic nitrogens is 2. The summed E-state index contributed by atoms with van der Waals surface area (Å²) in [6.07, 6.45) is 3.95. The molecule has 0 aliphatic rings. The normalized spacial score (nSPS) is 11.6. The molecule has 3 heteroatoms. The van der Waals surface area contributed by atoms with Crippen molar-refractivity contribution in [3.63, 3.8) is 0 Å². The Labute approximate surface area is 145 Å². The Morgan fingerprint density at radius 2 is 1.80 bits per heavy atom. The number of fused-ring (bicyclic) bond motifs is 5. The van der Waals surface area contributed by atoms with Gasteiger partial charge in [-0.2, -0.15) is 0 Å². The number of pyridine rings is 2. The van der Waals surface area contributed by atoms with Gasteiger partial charge in [0.05, 0.1) is 5.39 Å². The predicted molar refractivity (Wildman–Crippen MR) is 100 cm³/mol. The van der Waals surface area contributed by atoms with Crippen LogP contribution in [0.15, 0.2) is 71.4 Å². The summed E-state index contributed by atoms with van der Waals surface area (Å²) in [4.78, 5) is 4.52. The van der Waals surface area contributed by atoms with Gasteiger partial charge in [-0.3, -0.25) is 0 Å². The minimum atomic E-state index is 0.697. The maximum atomic E-state index is 6.04. The van der Waals surface area contributed by atoms with Crippen LogP contribution in [0.1, 0.15) is 5.56 Å². The lowest BCUT2D eigenvalue weighted by molar-refractivity contribution is -0.660. The fourth-order valence-corrected chi connectivity index (χ4v) is 3.63. The quantitative estimate of drug-likeness (QED) is 0.409. The van der Waals surface area contributed by atoms with Gasteiger partial charge >= 0.3 is 0 Å². The van der Waals surface area contributed by atoms with Gasteiger partial charge in [-0.15, -0.1) is 0 Å². The number of aryl methyl sites for hydroxylation is 2. The van der Waals surface area contributed by atoms with E-state index in [2.05, 4.69) is 72.2 Å². The lowest BCUT2D eigenvalue weighted by Gasteiger charge is -2.05. The van der Waals surface area contributed by atoms with E-state index in [0.29, 0.717) is 5.71 Å². The second-order valence-electron chi connectivity index (χ2n) is 6.49. The third kappa shape index (κ3) is 2.06. The van der Waals surface area contributed by atoms with Crippen molar-refractivity contribution in [3.05, 3.63) is 72.6 Å². The zero-order chi connectivity index (χ0) is 17.0. The van der Waals surface area contributed by atoms with Gasteiger partial charge in [0.25, 0.3) is 0 Å². The van der Waals surface area contributed by atoms with Crippen molar-refractivity contribution in [3.8, 4) is 11.3 Å². The van der Waals surface area contributed by atoms with Crippen LogP contribution in [-0.2, 0) is 7.05 Å². The average molecular weight is 325 g/mol. The van der Waals surface area contributed by atoms with Crippen molar-refractivity contribution < 1.29 is 8.98 Å². The molecule has 0 aliphatic carbocycles. The molecule has 0 unspecified atom stereocenters. The zero-order valence-corrected chi connectivity index (χ0v) is 14.2. The largest absolute Gasteiger partial charge is 0.438 e. The lowest BCUT2D eigenvalue weighted by Crippen LogP contribution is -2.30. The summed E-state index contributed by atoms with van der Waals surface area (Å²) >= 11 is 0. The van der Waals surface area contributed by atoms with Crippen LogP contribution < -0.4 is 4.57 Å². The van der Waals surface area contributed by atoms with Crippen LogP contribution in [-0.4, -0.2) is 4.98 Å². The Bertz CT molecular complexity index is 1270. The average Bonchev–Trinajstić information content (AvgIpc) is 2.99. The number of hydrogen-bond acceptors (Lipinski definition) is 2. The second kappa shape index (κ2) is 5.15. The van der Waals surface area contributed by atoms with E-state index in [1.165, 1.54) is 22.2 Å². The van der Waals surface area contributed by atoms with E-state index in [1.54, 1.807) is 0 Å². The maximum Gasteiger partial charge on any atom is 0.227 e. The molecule has 2 aromatic carbocycles. The molecule has 120 valence electrons. The van der Waals surface area contributed by atoms with E-state index >= 15 is 0 Å². The summed E-state index contributed by atoms with van der Waals surface area (Å²) in [5.41, 5.74) is 5.18. The molecule has 0 N–H and O–H groups in total. The number of rotatable bonds is 1. The van der Waals surface area contributed by atoms with Crippen LogP contribution >= 0.6 is 0 Å². The van der Waals surface area contributed by atoms with E-state index in [-0.39, 0.29) is 0 Å². The van der Waals surface area contributed by atoms with Crippen molar-refractivity contribution in [2.75, 3.05) is 0 Å². The van der Waals surface area contributed by atoms with Gasteiger partial charge in [-0.05, 0) is 36.1 Å². The van der Waals surface area contributed by atoms with E-state index in [9.17, 15) is 0 Å². The molecule has 0 fully saturated rings. The number of hydrogen-bond donors (Lipinski definition) is 0. The molecule has 0 radical (unpaired) electrons. The van der Waals surface area contributed by atoms with Crippen LogP contribution in [0.3, 0.4) is 0 Å². The highest BCUT2D eigenvalue weighted by Gasteiger charge is 2.17. The molecule has 25 heavy (non-hydrogen) atoms. The highest BCUT2D eigenvalue weighted by Crippen LogP contribution is 2.36. The van der Waals surface area contributed by atoms with E-state index in [4.69, 9.17) is 4.42 Å². The summed E-state index contributed by atoms with van der Waals surface area (Å²) in [6, 6.07) is 18.9. The predicted octanol–water partition coefficient (Wildman–Crippen LogP) is 4.93. The van der Waals surface area contributed by atoms with Gasteiger partial charge in [0.2, 0.25) is 11.4 Å². The van der Waals surface area contributed by atoms with E-state index < -0.39 is 0 Å². The van der Waals surface area contributed by atoms with Crippen molar-refractivity contribution in [2.45, 2.75) is 6.92 Å². The monoisotopic (exact) mass is 325 g/mol. The van der Waals surface area contributed by atoms with Crippen LogP contribution in [0.2, 0.25) is 0 Å². The van der Waals surface area contributed by atoms with Crippen molar-refractivity contribution in [2.24, 2.45) is 7.05 Å². The topological polar surface area (TPSA) is 29.9 Å². The van der Waals surface area contributed by atoms with Gasteiger partial charge in [0, 0.05) is 34.7 Å². The third-order valence-corrected chi connectivity index (χ3v) is 4.90. The molecule has 0 atom stereocenters. The zero-order valence-electron chi connectivity index (χ0n) is 14.2. The molecule has 5 rings (SSSR count). The van der Waals surface area contributed by atoms with Crippen LogP contribution in [0.25, 0.3) is 44.1 Å². The van der Waals surface area contributed by atoms with Gasteiger partial charge in [0.15, 0.2) is 6.20 Å². The van der Waals surface area contributed by atoms with Crippen molar-refractivity contribution >= 4 is 32.8 Å². The highest BCUT2D eigenvalue weighted by molar-refractivity contribution is 6.18. The first-order valence-electron chi connectivity index (χ1n) is 8.38. The maximum absolute atomic E-state index is 6.04. The summed E-state index contributed by atoms with van der Waals surface area (Å²) in [7, 11) is 2.07. The Kier molecular flexibility index (Phi) is 2.92. The Morgan fingerprint density at radius 1 is 0.960 bits per heavy atom. The van der Waals surface area contributed by atoms with Crippen LogP contribution in [0.4, 0.5) is 0 Å². The Morgan fingerprint density at radius 3 is 2.68 bits per heavy atom. The lowest BCUT2D eigenvalue weighted by atomic mass is 10.00. The fraction of sp³-hybridized carbons (Fsp3) is 0.0909.